The summed E-state index contributed by atoms with van der Waals surface area (Å²) in [5, 5.41) is 3.51. The van der Waals surface area contributed by atoms with Crippen molar-refractivity contribution in [3.8, 4) is 0 Å². The zero-order chi connectivity index (χ0) is 13.4. The largest absolute Gasteiger partial charge is 0.310 e. The molecule has 0 saturated heterocycles. The van der Waals surface area contributed by atoms with Gasteiger partial charge in [-0.2, -0.15) is 0 Å². The van der Waals surface area contributed by atoms with Crippen LogP contribution in [0.1, 0.15) is 45.2 Å². The van der Waals surface area contributed by atoms with E-state index in [-0.39, 0.29) is 0 Å². The first kappa shape index (κ1) is 15.3. The SMILES string of the molecule is C=C(CC)CSc1ccc(C(C)NCCC)cc1. The highest BCUT2D eigenvalue weighted by atomic mass is 32.2. The van der Waals surface area contributed by atoms with E-state index in [2.05, 4.69) is 56.9 Å². The molecule has 18 heavy (non-hydrogen) atoms. The van der Waals surface area contributed by atoms with E-state index in [1.54, 1.807) is 0 Å². The molecule has 0 saturated carbocycles. The summed E-state index contributed by atoms with van der Waals surface area (Å²) in [5.74, 6) is 1.03. The Labute approximate surface area is 116 Å². The Hall–Kier alpha value is -0.730. The summed E-state index contributed by atoms with van der Waals surface area (Å²) in [4.78, 5) is 1.33. The average molecular weight is 263 g/mol. The number of thioether (sulfide) groups is 1. The van der Waals surface area contributed by atoms with Gasteiger partial charge in [-0.05, 0) is 44.0 Å². The van der Waals surface area contributed by atoms with Crippen molar-refractivity contribution in [3.05, 3.63) is 42.0 Å². The molecule has 1 aromatic carbocycles. The number of nitrogens with one attached hydrogen (secondary N) is 1. The Bertz CT molecular complexity index is 356. The van der Waals surface area contributed by atoms with Crippen molar-refractivity contribution in [3.63, 3.8) is 0 Å². The van der Waals surface area contributed by atoms with E-state index in [0.29, 0.717) is 6.04 Å². The summed E-state index contributed by atoms with van der Waals surface area (Å²) in [5.41, 5.74) is 2.67. The van der Waals surface area contributed by atoms with E-state index >= 15 is 0 Å². The van der Waals surface area contributed by atoms with Crippen LogP contribution in [-0.4, -0.2) is 12.3 Å². The third kappa shape index (κ3) is 5.28. The molecule has 0 fully saturated rings. The van der Waals surface area contributed by atoms with Gasteiger partial charge in [0, 0.05) is 16.7 Å². The molecule has 100 valence electrons. The molecule has 0 radical (unpaired) electrons. The molecule has 0 aliphatic heterocycles. The molecule has 1 atom stereocenters. The van der Waals surface area contributed by atoms with Gasteiger partial charge in [-0.3, -0.25) is 0 Å². The van der Waals surface area contributed by atoms with Gasteiger partial charge in [-0.15, -0.1) is 11.8 Å². The van der Waals surface area contributed by atoms with Gasteiger partial charge in [-0.1, -0.05) is 38.1 Å². The van der Waals surface area contributed by atoms with Gasteiger partial charge >= 0.3 is 0 Å². The van der Waals surface area contributed by atoms with Crippen molar-refractivity contribution in [2.45, 2.75) is 44.6 Å². The Morgan fingerprint density at radius 2 is 1.94 bits per heavy atom. The molecular weight excluding hydrogens is 238 g/mol. The predicted octanol–water partition coefficient (Wildman–Crippen LogP) is 4.81. The second-order valence-electron chi connectivity index (χ2n) is 4.64. The quantitative estimate of drug-likeness (QED) is 0.534. The molecule has 0 aromatic heterocycles. The van der Waals surface area contributed by atoms with Gasteiger partial charge in [0.2, 0.25) is 0 Å². The molecule has 0 spiro atoms. The molecule has 0 amide bonds. The van der Waals surface area contributed by atoms with Gasteiger partial charge in [0.1, 0.15) is 0 Å². The van der Waals surface area contributed by atoms with Crippen molar-refractivity contribution in [1.29, 1.82) is 0 Å². The molecule has 0 aliphatic rings. The summed E-state index contributed by atoms with van der Waals surface area (Å²) in [6.07, 6.45) is 2.25. The molecule has 1 N–H and O–H groups in total. The highest BCUT2D eigenvalue weighted by molar-refractivity contribution is 7.99. The monoisotopic (exact) mass is 263 g/mol. The van der Waals surface area contributed by atoms with E-state index in [9.17, 15) is 0 Å². The molecule has 0 bridgehead atoms. The lowest BCUT2D eigenvalue weighted by Crippen LogP contribution is -2.19. The van der Waals surface area contributed by atoms with Crippen LogP contribution in [0.25, 0.3) is 0 Å². The van der Waals surface area contributed by atoms with E-state index in [4.69, 9.17) is 0 Å². The third-order valence-corrected chi connectivity index (χ3v) is 4.18. The fourth-order valence-electron chi connectivity index (χ4n) is 1.62. The minimum atomic E-state index is 0.439. The molecule has 0 heterocycles. The van der Waals surface area contributed by atoms with Crippen LogP contribution in [0.3, 0.4) is 0 Å². The first-order valence-corrected chi connectivity index (χ1v) is 7.78. The maximum absolute atomic E-state index is 4.04. The smallest absolute Gasteiger partial charge is 0.0291 e. The molecule has 1 unspecified atom stereocenters. The maximum Gasteiger partial charge on any atom is 0.0291 e. The fourth-order valence-corrected chi connectivity index (χ4v) is 2.52. The van der Waals surface area contributed by atoms with Crippen LogP contribution in [-0.2, 0) is 0 Å². The lowest BCUT2D eigenvalue weighted by molar-refractivity contribution is 0.570. The minimum absolute atomic E-state index is 0.439. The first-order chi connectivity index (χ1) is 8.67. The predicted molar refractivity (Wildman–Crippen MR) is 83.3 cm³/mol. The Morgan fingerprint density at radius 3 is 2.50 bits per heavy atom. The highest BCUT2D eigenvalue weighted by Gasteiger charge is 2.04. The minimum Gasteiger partial charge on any atom is -0.310 e. The van der Waals surface area contributed by atoms with Crippen molar-refractivity contribution < 1.29 is 0 Å². The number of hydrogen-bond donors (Lipinski definition) is 1. The molecule has 1 rings (SSSR count). The normalized spacial score (nSPS) is 12.4. The number of rotatable bonds is 8. The topological polar surface area (TPSA) is 12.0 Å². The van der Waals surface area contributed by atoms with Gasteiger partial charge < -0.3 is 5.32 Å². The Balaban J connectivity index is 2.49. The fraction of sp³-hybridized carbons (Fsp3) is 0.500. The molecule has 2 heteroatoms. The van der Waals surface area contributed by atoms with Gasteiger partial charge in [0.15, 0.2) is 0 Å². The van der Waals surface area contributed by atoms with Crippen molar-refractivity contribution in [1.82, 2.24) is 5.32 Å². The van der Waals surface area contributed by atoms with Crippen LogP contribution in [0.15, 0.2) is 41.3 Å². The average Bonchev–Trinajstić information content (AvgIpc) is 2.42. The lowest BCUT2D eigenvalue weighted by atomic mass is 10.1. The molecule has 1 nitrogen and oxygen atoms in total. The number of hydrogen-bond acceptors (Lipinski definition) is 2. The summed E-state index contributed by atoms with van der Waals surface area (Å²) in [6, 6.07) is 9.32. The van der Waals surface area contributed by atoms with Crippen molar-refractivity contribution in [2.75, 3.05) is 12.3 Å². The Morgan fingerprint density at radius 1 is 1.28 bits per heavy atom. The summed E-state index contributed by atoms with van der Waals surface area (Å²) >= 11 is 1.87. The van der Waals surface area contributed by atoms with Crippen LogP contribution in [0.2, 0.25) is 0 Å². The Kier molecular flexibility index (Phi) is 7.14. The summed E-state index contributed by atoms with van der Waals surface area (Å²) in [7, 11) is 0. The second kappa shape index (κ2) is 8.39. The maximum atomic E-state index is 4.04. The number of benzene rings is 1. The van der Waals surface area contributed by atoms with Crippen LogP contribution in [0, 0.1) is 0 Å². The van der Waals surface area contributed by atoms with Gasteiger partial charge in [-0.25, -0.2) is 0 Å². The summed E-state index contributed by atoms with van der Waals surface area (Å²) in [6.45, 7) is 11.7. The third-order valence-electron chi connectivity index (χ3n) is 3.02. The van der Waals surface area contributed by atoms with E-state index in [1.807, 2.05) is 11.8 Å². The zero-order valence-electron chi connectivity index (χ0n) is 11.8. The first-order valence-electron chi connectivity index (χ1n) is 6.80. The highest BCUT2D eigenvalue weighted by Crippen LogP contribution is 2.23. The second-order valence-corrected chi connectivity index (χ2v) is 5.69. The van der Waals surface area contributed by atoms with Crippen LogP contribution in [0.4, 0.5) is 0 Å². The van der Waals surface area contributed by atoms with Crippen molar-refractivity contribution in [2.24, 2.45) is 0 Å². The van der Waals surface area contributed by atoms with Gasteiger partial charge in [0.05, 0.1) is 0 Å². The van der Waals surface area contributed by atoms with Crippen molar-refractivity contribution >= 4 is 11.8 Å². The zero-order valence-corrected chi connectivity index (χ0v) is 12.6. The van der Waals surface area contributed by atoms with Crippen LogP contribution >= 0.6 is 11.8 Å². The molecular formula is C16H25NS. The lowest BCUT2D eigenvalue weighted by Gasteiger charge is -2.14. The van der Waals surface area contributed by atoms with E-state index in [1.165, 1.54) is 22.5 Å². The standard InChI is InChI=1S/C16H25NS/c1-5-11-17-14(4)15-7-9-16(10-8-15)18-12-13(3)6-2/h7-10,14,17H,3,5-6,11-12H2,1-2,4H3. The van der Waals surface area contributed by atoms with Crippen LogP contribution < -0.4 is 5.32 Å². The van der Waals surface area contributed by atoms with E-state index < -0.39 is 0 Å². The summed E-state index contributed by atoms with van der Waals surface area (Å²) < 4.78 is 0. The molecule has 0 aliphatic carbocycles. The van der Waals surface area contributed by atoms with E-state index in [0.717, 1.165) is 18.7 Å². The van der Waals surface area contributed by atoms with Crippen LogP contribution in [0.5, 0.6) is 0 Å². The van der Waals surface area contributed by atoms with Gasteiger partial charge in [0.25, 0.3) is 0 Å². The molecule has 1 aromatic rings.